The number of aliphatic hydroxyl groups excluding tert-OH is 1. The summed E-state index contributed by atoms with van der Waals surface area (Å²) in [7, 11) is 1.30. The lowest BCUT2D eigenvalue weighted by Gasteiger charge is -2.34. The van der Waals surface area contributed by atoms with Gasteiger partial charge in [-0.1, -0.05) is 6.42 Å². The summed E-state index contributed by atoms with van der Waals surface area (Å²) in [5.74, 6) is -2.65. The number of aliphatic carboxylic acids is 1. The van der Waals surface area contributed by atoms with E-state index in [1.807, 2.05) is 6.92 Å². The molecule has 0 radical (unpaired) electrons. The summed E-state index contributed by atoms with van der Waals surface area (Å²) < 4.78 is 51.9. The Hall–Kier alpha value is -3.80. The Kier molecular flexibility index (Phi) is 7.63. The molecular weight excluding hydrogens is 531 g/mol. The summed E-state index contributed by atoms with van der Waals surface area (Å²) in [6.45, 7) is -1.30. The molecule has 2 N–H and O–H groups in total. The number of hydrogen-bond donors (Lipinski definition) is 2. The Morgan fingerprint density at radius 2 is 1.93 bits per heavy atom. The Labute approximate surface area is 228 Å². The van der Waals surface area contributed by atoms with Crippen molar-refractivity contribution in [1.29, 1.82) is 0 Å². The Bertz CT molecular complexity index is 1440. The number of rotatable bonds is 6. The van der Waals surface area contributed by atoms with Gasteiger partial charge < -0.3 is 24.3 Å². The molecule has 3 aromatic rings. The van der Waals surface area contributed by atoms with Gasteiger partial charge in [-0.15, -0.1) is 0 Å². The molecular formula is C28H30F3N3O6. The third-order valence-electron chi connectivity index (χ3n) is 7.94. The van der Waals surface area contributed by atoms with Crippen LogP contribution in [0.1, 0.15) is 68.1 Å². The zero-order chi connectivity index (χ0) is 28.7. The molecule has 2 heterocycles. The molecule has 0 bridgehead atoms. The summed E-state index contributed by atoms with van der Waals surface area (Å²) >= 11 is 0. The molecule has 2 aromatic carbocycles. The first-order valence-corrected chi connectivity index (χ1v) is 13.2. The number of imidazole rings is 1. The Balaban J connectivity index is 1.71. The van der Waals surface area contributed by atoms with Crippen LogP contribution in [-0.2, 0) is 16.0 Å². The Morgan fingerprint density at radius 1 is 1.15 bits per heavy atom. The van der Waals surface area contributed by atoms with Gasteiger partial charge >= 0.3 is 18.7 Å². The lowest BCUT2D eigenvalue weighted by molar-refractivity contribution is -0.143. The van der Waals surface area contributed by atoms with E-state index >= 15 is 0 Å². The number of nitrogens with zero attached hydrogens (tertiary/aromatic N) is 3. The van der Waals surface area contributed by atoms with Gasteiger partial charge in [0, 0.05) is 23.2 Å². The molecule has 214 valence electrons. The van der Waals surface area contributed by atoms with Gasteiger partial charge in [0.25, 0.3) is 0 Å². The lowest BCUT2D eigenvalue weighted by Crippen LogP contribution is -2.42. The maximum absolute atomic E-state index is 14.3. The van der Waals surface area contributed by atoms with E-state index in [9.17, 15) is 33.0 Å². The van der Waals surface area contributed by atoms with E-state index < -0.39 is 42.3 Å². The van der Waals surface area contributed by atoms with Crippen LogP contribution in [0, 0.1) is 11.7 Å². The number of aryl methyl sites for hydroxylation is 1. The predicted octanol–water partition coefficient (Wildman–Crippen LogP) is 5.58. The van der Waals surface area contributed by atoms with Crippen LogP contribution in [0.3, 0.4) is 0 Å². The van der Waals surface area contributed by atoms with Crippen molar-refractivity contribution in [3.63, 3.8) is 0 Å². The van der Waals surface area contributed by atoms with E-state index in [1.54, 1.807) is 16.7 Å². The average Bonchev–Trinajstić information content (AvgIpc) is 3.33. The molecule has 1 fully saturated rings. The highest BCUT2D eigenvalue weighted by atomic mass is 19.3. The number of alkyl halides is 2. The minimum atomic E-state index is -3.21. The van der Waals surface area contributed by atoms with Crippen molar-refractivity contribution in [2.24, 2.45) is 5.92 Å². The first-order valence-electron chi connectivity index (χ1n) is 13.2. The number of anilines is 1. The van der Waals surface area contributed by atoms with E-state index in [1.165, 1.54) is 12.0 Å². The van der Waals surface area contributed by atoms with Gasteiger partial charge in [-0.25, -0.2) is 14.2 Å². The number of aromatic nitrogens is 2. The SMILES string of the molecule is COC(=O)N1c2ccc3c(nc([C@H](O)c4cc(F)ccc4OC(F)F)n3[C@@H]3CCC[C@@H](C(=O)O)C3)c2CC[C@H]1C. The maximum atomic E-state index is 14.3. The van der Waals surface area contributed by atoms with Crippen molar-refractivity contribution in [2.45, 2.75) is 70.2 Å². The summed E-state index contributed by atoms with van der Waals surface area (Å²) in [6.07, 6.45) is 0.980. The topological polar surface area (TPSA) is 114 Å². The van der Waals surface area contributed by atoms with Gasteiger partial charge in [-0.2, -0.15) is 8.78 Å². The number of fused-ring (bicyclic) bond motifs is 3. The number of benzene rings is 2. The van der Waals surface area contributed by atoms with Crippen molar-refractivity contribution < 1.29 is 42.4 Å². The molecule has 1 amide bonds. The molecule has 1 aliphatic carbocycles. The average molecular weight is 562 g/mol. The maximum Gasteiger partial charge on any atom is 0.414 e. The van der Waals surface area contributed by atoms with Crippen molar-refractivity contribution >= 4 is 28.8 Å². The highest BCUT2D eigenvalue weighted by molar-refractivity contribution is 5.95. The van der Waals surface area contributed by atoms with Crippen LogP contribution in [0.15, 0.2) is 30.3 Å². The number of methoxy groups -OCH3 is 1. The number of ether oxygens (including phenoxy) is 2. The van der Waals surface area contributed by atoms with Crippen LogP contribution in [0.2, 0.25) is 0 Å². The largest absolute Gasteiger partial charge is 0.481 e. The molecule has 5 rings (SSSR count). The summed E-state index contributed by atoms with van der Waals surface area (Å²) in [6, 6.07) is 5.89. The van der Waals surface area contributed by atoms with E-state index in [2.05, 4.69) is 4.74 Å². The van der Waals surface area contributed by atoms with Crippen molar-refractivity contribution in [3.8, 4) is 5.75 Å². The van der Waals surface area contributed by atoms with Crippen LogP contribution < -0.4 is 9.64 Å². The summed E-state index contributed by atoms with van der Waals surface area (Å²) in [5.41, 5.74) is 2.18. The van der Waals surface area contributed by atoms with Gasteiger partial charge in [0.1, 0.15) is 23.5 Å². The zero-order valence-electron chi connectivity index (χ0n) is 22.0. The molecule has 2 aliphatic rings. The number of halogens is 3. The van der Waals surface area contributed by atoms with Gasteiger partial charge in [0.05, 0.1) is 29.7 Å². The number of aliphatic hydroxyl groups is 1. The minimum absolute atomic E-state index is 0.0485. The number of carbonyl (C=O) groups excluding carboxylic acids is 1. The monoisotopic (exact) mass is 561 g/mol. The fraction of sp³-hybridized carbons (Fsp3) is 0.464. The molecule has 0 unspecified atom stereocenters. The number of carbonyl (C=O) groups is 2. The fourth-order valence-corrected chi connectivity index (χ4v) is 6.07. The molecule has 12 heteroatoms. The number of carboxylic acid groups (broad SMARTS) is 1. The second-order valence-electron chi connectivity index (χ2n) is 10.3. The number of carboxylic acids is 1. The summed E-state index contributed by atoms with van der Waals surface area (Å²) in [4.78, 5) is 30.8. The molecule has 1 aliphatic heterocycles. The zero-order valence-corrected chi connectivity index (χ0v) is 22.0. The van der Waals surface area contributed by atoms with E-state index in [0.29, 0.717) is 48.8 Å². The first kappa shape index (κ1) is 27.8. The second kappa shape index (κ2) is 11.0. The Morgan fingerprint density at radius 3 is 2.62 bits per heavy atom. The highest BCUT2D eigenvalue weighted by Gasteiger charge is 2.36. The number of hydrogen-bond acceptors (Lipinski definition) is 6. The van der Waals surface area contributed by atoms with Crippen LogP contribution in [0.5, 0.6) is 5.75 Å². The summed E-state index contributed by atoms with van der Waals surface area (Å²) in [5, 5.41) is 21.3. The molecule has 0 spiro atoms. The fourth-order valence-electron chi connectivity index (χ4n) is 6.07. The predicted molar refractivity (Wildman–Crippen MR) is 138 cm³/mol. The van der Waals surface area contributed by atoms with Gasteiger partial charge in [0.15, 0.2) is 0 Å². The smallest absolute Gasteiger partial charge is 0.414 e. The van der Waals surface area contributed by atoms with Crippen molar-refractivity contribution in [1.82, 2.24) is 9.55 Å². The molecule has 1 aromatic heterocycles. The van der Waals surface area contributed by atoms with Crippen LogP contribution >= 0.6 is 0 Å². The van der Waals surface area contributed by atoms with E-state index in [4.69, 9.17) is 9.72 Å². The molecule has 4 atom stereocenters. The van der Waals surface area contributed by atoms with Crippen molar-refractivity contribution in [3.05, 3.63) is 53.1 Å². The van der Waals surface area contributed by atoms with Crippen LogP contribution in [-0.4, -0.2) is 51.6 Å². The second-order valence-corrected chi connectivity index (χ2v) is 10.3. The van der Waals surface area contributed by atoms with Gasteiger partial charge in [-0.05, 0) is 69.4 Å². The van der Waals surface area contributed by atoms with E-state index in [-0.39, 0.29) is 29.9 Å². The third kappa shape index (κ3) is 4.96. The van der Waals surface area contributed by atoms with Gasteiger partial charge in [-0.3, -0.25) is 9.69 Å². The van der Waals surface area contributed by atoms with Crippen LogP contribution in [0.25, 0.3) is 11.0 Å². The minimum Gasteiger partial charge on any atom is -0.481 e. The van der Waals surface area contributed by atoms with Crippen molar-refractivity contribution in [2.75, 3.05) is 12.0 Å². The molecule has 40 heavy (non-hydrogen) atoms. The quantitative estimate of drug-likeness (QED) is 0.404. The standard InChI is InChI=1S/C28H30F3N3O6/c1-14-6-8-18-20(33(14)28(38)39-2)9-10-21-23(18)32-25(34(21)17-5-3-4-15(12-17)26(36)37)24(35)19-13-16(29)7-11-22(19)40-27(30)31/h7,9-11,13-15,17,24,27,35H,3-6,8,12H2,1-2H3,(H,36,37)/t14-,15-,17-,24-/m1/s1. The molecule has 9 nitrogen and oxygen atoms in total. The number of amides is 1. The van der Waals surface area contributed by atoms with Crippen LogP contribution in [0.4, 0.5) is 23.7 Å². The van der Waals surface area contributed by atoms with E-state index in [0.717, 1.165) is 23.8 Å². The first-order chi connectivity index (χ1) is 19.1. The molecule has 0 saturated heterocycles. The van der Waals surface area contributed by atoms with Gasteiger partial charge in [0.2, 0.25) is 0 Å². The normalized spacial score (nSPS) is 21.8. The molecule has 1 saturated carbocycles. The third-order valence-corrected chi connectivity index (χ3v) is 7.94. The highest BCUT2D eigenvalue weighted by Crippen LogP contribution is 2.43. The lowest BCUT2D eigenvalue weighted by atomic mass is 9.85.